The SMILES string of the molecule is CCC(=O)CCc1ccc(CC(C=O)CCC2=CCCCC2)cc1. The molecule has 0 spiro atoms. The molecule has 1 atom stereocenters. The van der Waals surface area contributed by atoms with E-state index in [4.69, 9.17) is 0 Å². The Labute approximate surface area is 146 Å². The van der Waals surface area contributed by atoms with E-state index in [0.29, 0.717) is 18.6 Å². The molecular weight excluding hydrogens is 296 g/mol. The summed E-state index contributed by atoms with van der Waals surface area (Å²) in [6, 6.07) is 8.43. The average molecular weight is 326 g/mol. The Hall–Kier alpha value is -1.70. The number of Topliss-reactive ketones (excluding diaryl/α,β-unsaturated/α-hetero) is 1. The molecule has 1 unspecified atom stereocenters. The molecule has 0 radical (unpaired) electrons. The van der Waals surface area contributed by atoms with Crippen molar-refractivity contribution in [1.82, 2.24) is 0 Å². The molecule has 2 heteroatoms. The fourth-order valence-corrected chi connectivity index (χ4v) is 3.33. The molecule has 0 saturated heterocycles. The van der Waals surface area contributed by atoms with Gasteiger partial charge in [0.2, 0.25) is 0 Å². The third-order valence-corrected chi connectivity index (χ3v) is 5.02. The lowest BCUT2D eigenvalue weighted by molar-refractivity contribution is -0.118. The third-order valence-electron chi connectivity index (χ3n) is 5.02. The predicted molar refractivity (Wildman–Crippen MR) is 99.1 cm³/mol. The lowest BCUT2D eigenvalue weighted by Crippen LogP contribution is -2.07. The summed E-state index contributed by atoms with van der Waals surface area (Å²) in [4.78, 5) is 22.8. The first-order valence-electron chi connectivity index (χ1n) is 9.44. The van der Waals surface area contributed by atoms with Gasteiger partial charge in [0.1, 0.15) is 12.1 Å². The maximum atomic E-state index is 11.4. The molecule has 0 amide bonds. The van der Waals surface area contributed by atoms with Crippen molar-refractivity contribution in [3.63, 3.8) is 0 Å². The fourth-order valence-electron chi connectivity index (χ4n) is 3.33. The van der Waals surface area contributed by atoms with Gasteiger partial charge >= 0.3 is 0 Å². The summed E-state index contributed by atoms with van der Waals surface area (Å²) in [7, 11) is 0. The number of hydrogen-bond acceptors (Lipinski definition) is 2. The molecule has 0 N–H and O–H groups in total. The lowest BCUT2D eigenvalue weighted by Gasteiger charge is -2.15. The summed E-state index contributed by atoms with van der Waals surface area (Å²) < 4.78 is 0. The minimum atomic E-state index is 0.111. The van der Waals surface area contributed by atoms with E-state index in [9.17, 15) is 9.59 Å². The van der Waals surface area contributed by atoms with Crippen LogP contribution in [0, 0.1) is 5.92 Å². The second kappa shape index (κ2) is 10.2. The van der Waals surface area contributed by atoms with Gasteiger partial charge < -0.3 is 4.79 Å². The van der Waals surface area contributed by atoms with Gasteiger partial charge in [0.05, 0.1) is 0 Å². The summed E-state index contributed by atoms with van der Waals surface area (Å²) in [6.45, 7) is 1.91. The van der Waals surface area contributed by atoms with Gasteiger partial charge in [-0.15, -0.1) is 0 Å². The molecule has 2 nitrogen and oxygen atoms in total. The van der Waals surface area contributed by atoms with Crippen molar-refractivity contribution in [1.29, 1.82) is 0 Å². The quantitative estimate of drug-likeness (QED) is 0.435. The smallest absolute Gasteiger partial charge is 0.132 e. The van der Waals surface area contributed by atoms with Crippen molar-refractivity contribution >= 4 is 12.1 Å². The highest BCUT2D eigenvalue weighted by Gasteiger charge is 2.11. The maximum Gasteiger partial charge on any atom is 0.132 e. The molecule has 1 aliphatic rings. The van der Waals surface area contributed by atoms with Gasteiger partial charge in [0.15, 0.2) is 0 Å². The molecule has 1 aliphatic carbocycles. The summed E-state index contributed by atoms with van der Waals surface area (Å²) in [5.74, 6) is 0.428. The first-order valence-corrected chi connectivity index (χ1v) is 9.44. The highest BCUT2D eigenvalue weighted by atomic mass is 16.1. The summed E-state index contributed by atoms with van der Waals surface area (Å²) in [5.41, 5.74) is 3.97. The molecule has 0 fully saturated rings. The van der Waals surface area contributed by atoms with Gasteiger partial charge in [-0.05, 0) is 62.5 Å². The van der Waals surface area contributed by atoms with E-state index in [1.807, 2.05) is 6.92 Å². The number of carbonyl (C=O) groups is 2. The number of carbonyl (C=O) groups excluding carboxylic acids is 2. The van der Waals surface area contributed by atoms with Crippen molar-refractivity contribution in [2.75, 3.05) is 0 Å². The summed E-state index contributed by atoms with van der Waals surface area (Å²) >= 11 is 0. The average Bonchev–Trinajstić information content (AvgIpc) is 2.65. The Bertz CT molecular complexity index is 554. The van der Waals surface area contributed by atoms with E-state index in [1.54, 1.807) is 5.57 Å². The third kappa shape index (κ3) is 6.43. The van der Waals surface area contributed by atoms with E-state index in [1.165, 1.54) is 36.8 Å². The molecule has 1 aromatic rings. The van der Waals surface area contributed by atoms with Crippen LogP contribution in [-0.4, -0.2) is 12.1 Å². The van der Waals surface area contributed by atoms with E-state index >= 15 is 0 Å². The van der Waals surface area contributed by atoms with Crippen LogP contribution in [0.2, 0.25) is 0 Å². The molecule has 0 bridgehead atoms. The van der Waals surface area contributed by atoms with Crippen molar-refractivity contribution < 1.29 is 9.59 Å². The van der Waals surface area contributed by atoms with Gasteiger partial charge in [0.25, 0.3) is 0 Å². The van der Waals surface area contributed by atoms with Crippen LogP contribution in [0.25, 0.3) is 0 Å². The molecule has 1 aromatic carbocycles. The zero-order valence-electron chi connectivity index (χ0n) is 14.9. The predicted octanol–water partition coefficient (Wildman–Crippen LogP) is 5.24. The highest BCUT2D eigenvalue weighted by Crippen LogP contribution is 2.24. The van der Waals surface area contributed by atoms with Crippen LogP contribution in [0.4, 0.5) is 0 Å². The molecule has 130 valence electrons. The highest BCUT2D eigenvalue weighted by molar-refractivity contribution is 5.78. The zero-order chi connectivity index (χ0) is 17.2. The Morgan fingerprint density at radius 2 is 1.88 bits per heavy atom. The van der Waals surface area contributed by atoms with E-state index in [2.05, 4.69) is 30.3 Å². The van der Waals surface area contributed by atoms with Crippen molar-refractivity contribution in [3.8, 4) is 0 Å². The van der Waals surface area contributed by atoms with Crippen LogP contribution in [0.15, 0.2) is 35.9 Å². The first kappa shape index (κ1) is 18.6. The summed E-state index contributed by atoms with van der Waals surface area (Å²) in [6.07, 6.45) is 13.5. The number of aryl methyl sites for hydroxylation is 1. The van der Waals surface area contributed by atoms with E-state index < -0.39 is 0 Å². The Balaban J connectivity index is 1.80. The number of allylic oxidation sites excluding steroid dienone is 2. The molecular formula is C22H30O2. The number of benzene rings is 1. The molecule has 0 aliphatic heterocycles. The van der Waals surface area contributed by atoms with Gasteiger partial charge in [-0.3, -0.25) is 4.79 Å². The molecule has 24 heavy (non-hydrogen) atoms. The molecule has 0 saturated carbocycles. The van der Waals surface area contributed by atoms with Crippen LogP contribution in [0.1, 0.15) is 69.4 Å². The fraction of sp³-hybridized carbons (Fsp3) is 0.545. The lowest BCUT2D eigenvalue weighted by atomic mass is 9.90. The molecule has 0 heterocycles. The van der Waals surface area contributed by atoms with Gasteiger partial charge in [-0.1, -0.05) is 42.8 Å². The minimum absolute atomic E-state index is 0.111. The van der Waals surface area contributed by atoms with Crippen molar-refractivity contribution in [2.24, 2.45) is 5.92 Å². The molecule has 0 aromatic heterocycles. The number of aldehydes is 1. The zero-order valence-corrected chi connectivity index (χ0v) is 14.9. The molecule has 2 rings (SSSR count). The van der Waals surface area contributed by atoms with Crippen LogP contribution >= 0.6 is 0 Å². The minimum Gasteiger partial charge on any atom is -0.303 e. The number of ketones is 1. The Kier molecular flexibility index (Phi) is 7.94. The second-order valence-electron chi connectivity index (χ2n) is 6.96. The number of rotatable bonds is 10. The second-order valence-corrected chi connectivity index (χ2v) is 6.96. The first-order chi connectivity index (χ1) is 11.7. The maximum absolute atomic E-state index is 11.4. The topological polar surface area (TPSA) is 34.1 Å². The Morgan fingerprint density at radius 3 is 2.50 bits per heavy atom. The van der Waals surface area contributed by atoms with E-state index in [0.717, 1.165) is 32.0 Å². The van der Waals surface area contributed by atoms with Crippen LogP contribution < -0.4 is 0 Å². The monoisotopic (exact) mass is 326 g/mol. The normalized spacial score (nSPS) is 15.6. The largest absolute Gasteiger partial charge is 0.303 e. The number of hydrogen-bond donors (Lipinski definition) is 0. The van der Waals surface area contributed by atoms with Crippen molar-refractivity contribution in [2.45, 2.75) is 71.1 Å². The van der Waals surface area contributed by atoms with Crippen LogP contribution in [-0.2, 0) is 22.4 Å². The van der Waals surface area contributed by atoms with Gasteiger partial charge in [0, 0.05) is 18.8 Å². The summed E-state index contributed by atoms with van der Waals surface area (Å²) in [5, 5.41) is 0. The van der Waals surface area contributed by atoms with Crippen molar-refractivity contribution in [3.05, 3.63) is 47.0 Å². The standard InChI is InChI=1S/C22H30O2/c1-2-22(24)15-14-19-8-11-20(12-9-19)16-21(17-23)13-10-18-6-4-3-5-7-18/h6,8-9,11-12,17,21H,2-5,7,10,13-16H2,1H3. The Morgan fingerprint density at radius 1 is 1.12 bits per heavy atom. The van der Waals surface area contributed by atoms with Gasteiger partial charge in [-0.2, -0.15) is 0 Å². The van der Waals surface area contributed by atoms with Crippen LogP contribution in [0.5, 0.6) is 0 Å². The van der Waals surface area contributed by atoms with Gasteiger partial charge in [-0.25, -0.2) is 0 Å². The van der Waals surface area contributed by atoms with Crippen LogP contribution in [0.3, 0.4) is 0 Å². The van der Waals surface area contributed by atoms with E-state index in [-0.39, 0.29) is 5.92 Å².